The third kappa shape index (κ3) is 2.86. The van der Waals surface area contributed by atoms with Crippen molar-refractivity contribution in [1.82, 2.24) is 0 Å². The first kappa shape index (κ1) is 11.9. The Morgan fingerprint density at radius 3 is 2.60 bits per heavy atom. The fourth-order valence-corrected chi connectivity index (χ4v) is 1.62. The number of aromatic hydroxyl groups is 1. The maximum absolute atomic E-state index is 9.75. The first-order chi connectivity index (χ1) is 7.22. The molecule has 84 valence electrons. The third-order valence-electron chi connectivity index (χ3n) is 2.51. The Morgan fingerprint density at radius 2 is 2.07 bits per heavy atom. The Labute approximate surface area is 90.9 Å². The average Bonchev–Trinajstić information content (AvgIpc) is 2.27. The topological polar surface area (TPSA) is 55.5 Å². The van der Waals surface area contributed by atoms with E-state index in [4.69, 9.17) is 10.5 Å². The maximum atomic E-state index is 9.75. The zero-order valence-electron chi connectivity index (χ0n) is 9.42. The fraction of sp³-hybridized carbons (Fsp3) is 0.500. The molecule has 0 spiro atoms. The van der Waals surface area contributed by atoms with Crippen LogP contribution in [-0.2, 0) is 12.8 Å². The smallest absolute Gasteiger partial charge is 0.125 e. The van der Waals surface area contributed by atoms with Crippen molar-refractivity contribution in [2.45, 2.75) is 26.2 Å². The molecule has 3 heteroatoms. The molecule has 0 unspecified atom stereocenters. The zero-order valence-corrected chi connectivity index (χ0v) is 9.42. The molecule has 0 bridgehead atoms. The van der Waals surface area contributed by atoms with E-state index in [-0.39, 0.29) is 0 Å². The second kappa shape index (κ2) is 5.61. The van der Waals surface area contributed by atoms with Crippen LogP contribution in [0.3, 0.4) is 0 Å². The summed E-state index contributed by atoms with van der Waals surface area (Å²) < 4.78 is 5.19. The van der Waals surface area contributed by atoms with Gasteiger partial charge in [-0.1, -0.05) is 6.92 Å². The van der Waals surface area contributed by atoms with Crippen LogP contribution in [0.2, 0.25) is 0 Å². The van der Waals surface area contributed by atoms with Crippen LogP contribution in [0.25, 0.3) is 0 Å². The fourth-order valence-electron chi connectivity index (χ4n) is 1.62. The summed E-state index contributed by atoms with van der Waals surface area (Å²) in [4.78, 5) is 0. The molecule has 0 saturated heterocycles. The van der Waals surface area contributed by atoms with Crippen LogP contribution < -0.4 is 10.5 Å². The number of ether oxygens (including phenoxy) is 1. The van der Waals surface area contributed by atoms with Gasteiger partial charge in [-0.05, 0) is 43.0 Å². The van der Waals surface area contributed by atoms with Crippen molar-refractivity contribution in [3.8, 4) is 11.5 Å². The highest BCUT2D eigenvalue weighted by Gasteiger charge is 2.08. The molecule has 0 aromatic heterocycles. The molecule has 3 nitrogen and oxygen atoms in total. The normalized spacial score (nSPS) is 10.3. The first-order valence-electron chi connectivity index (χ1n) is 5.31. The highest BCUT2D eigenvalue weighted by atomic mass is 16.5. The maximum Gasteiger partial charge on any atom is 0.125 e. The minimum Gasteiger partial charge on any atom is -0.508 e. The number of benzene rings is 1. The summed E-state index contributed by atoms with van der Waals surface area (Å²) in [7, 11) is 1.62. The van der Waals surface area contributed by atoms with Crippen LogP contribution in [0, 0.1) is 0 Å². The largest absolute Gasteiger partial charge is 0.508 e. The minimum atomic E-state index is 0.303. The molecular formula is C12H19NO2. The van der Waals surface area contributed by atoms with Gasteiger partial charge in [-0.25, -0.2) is 0 Å². The quantitative estimate of drug-likeness (QED) is 0.778. The van der Waals surface area contributed by atoms with E-state index < -0.39 is 0 Å². The van der Waals surface area contributed by atoms with Gasteiger partial charge in [-0.3, -0.25) is 0 Å². The zero-order chi connectivity index (χ0) is 11.3. The highest BCUT2D eigenvalue weighted by molar-refractivity contribution is 5.46. The van der Waals surface area contributed by atoms with Gasteiger partial charge < -0.3 is 15.6 Å². The van der Waals surface area contributed by atoms with Crippen molar-refractivity contribution in [3.63, 3.8) is 0 Å². The van der Waals surface area contributed by atoms with Crippen molar-refractivity contribution in [2.75, 3.05) is 13.7 Å². The number of hydrogen-bond acceptors (Lipinski definition) is 3. The van der Waals surface area contributed by atoms with Crippen molar-refractivity contribution in [2.24, 2.45) is 5.73 Å². The Hall–Kier alpha value is -1.22. The van der Waals surface area contributed by atoms with Gasteiger partial charge in [0.25, 0.3) is 0 Å². The van der Waals surface area contributed by atoms with E-state index in [2.05, 4.69) is 6.92 Å². The van der Waals surface area contributed by atoms with Crippen molar-refractivity contribution in [3.05, 3.63) is 23.3 Å². The molecule has 3 N–H and O–H groups in total. The number of rotatable bonds is 5. The lowest BCUT2D eigenvalue weighted by molar-refractivity contribution is 0.401. The molecule has 1 aromatic carbocycles. The predicted octanol–water partition coefficient (Wildman–Crippen LogP) is 1.85. The molecule has 0 fully saturated rings. The van der Waals surface area contributed by atoms with Gasteiger partial charge in [0.1, 0.15) is 11.5 Å². The number of phenols is 1. The van der Waals surface area contributed by atoms with E-state index in [0.29, 0.717) is 12.3 Å². The SMILES string of the molecule is CCc1cc(CCCN)c(O)cc1OC. The number of phenolic OH excluding ortho intramolecular Hbond substituents is 1. The van der Waals surface area contributed by atoms with E-state index in [1.54, 1.807) is 13.2 Å². The van der Waals surface area contributed by atoms with Gasteiger partial charge in [0.2, 0.25) is 0 Å². The van der Waals surface area contributed by atoms with Crippen molar-refractivity contribution < 1.29 is 9.84 Å². The lowest BCUT2D eigenvalue weighted by atomic mass is 10.0. The van der Waals surface area contributed by atoms with Gasteiger partial charge >= 0.3 is 0 Å². The number of nitrogens with two attached hydrogens (primary N) is 1. The summed E-state index contributed by atoms with van der Waals surface area (Å²) >= 11 is 0. The molecular weight excluding hydrogens is 190 g/mol. The summed E-state index contributed by atoms with van der Waals surface area (Å²) in [6.45, 7) is 2.72. The van der Waals surface area contributed by atoms with Gasteiger partial charge in [0.05, 0.1) is 7.11 Å². The van der Waals surface area contributed by atoms with Crippen LogP contribution >= 0.6 is 0 Å². The van der Waals surface area contributed by atoms with Gasteiger partial charge in [-0.2, -0.15) is 0 Å². The molecule has 0 radical (unpaired) electrons. The molecule has 0 aliphatic rings. The second-order valence-electron chi connectivity index (χ2n) is 3.54. The van der Waals surface area contributed by atoms with Crippen LogP contribution in [0.15, 0.2) is 12.1 Å². The van der Waals surface area contributed by atoms with Crippen molar-refractivity contribution in [1.29, 1.82) is 0 Å². The molecule has 0 amide bonds. The first-order valence-corrected chi connectivity index (χ1v) is 5.31. The summed E-state index contributed by atoms with van der Waals surface area (Å²) in [5, 5.41) is 9.75. The van der Waals surface area contributed by atoms with Crippen molar-refractivity contribution >= 4 is 0 Å². The summed E-state index contributed by atoms with van der Waals surface area (Å²) in [5.41, 5.74) is 7.53. The highest BCUT2D eigenvalue weighted by Crippen LogP contribution is 2.29. The molecule has 0 aliphatic carbocycles. The average molecular weight is 209 g/mol. The van der Waals surface area contributed by atoms with Gasteiger partial charge in [-0.15, -0.1) is 0 Å². The molecule has 0 atom stereocenters. The monoisotopic (exact) mass is 209 g/mol. The van der Waals surface area contributed by atoms with Crippen LogP contribution in [0.4, 0.5) is 0 Å². The molecule has 0 aliphatic heterocycles. The van der Waals surface area contributed by atoms with E-state index >= 15 is 0 Å². The van der Waals surface area contributed by atoms with E-state index in [1.807, 2.05) is 6.07 Å². The molecule has 1 aromatic rings. The summed E-state index contributed by atoms with van der Waals surface area (Å²) in [6, 6.07) is 3.69. The van der Waals surface area contributed by atoms with Crippen LogP contribution in [-0.4, -0.2) is 18.8 Å². The Kier molecular flexibility index (Phi) is 4.43. The molecule has 15 heavy (non-hydrogen) atoms. The lowest BCUT2D eigenvalue weighted by Gasteiger charge is -2.11. The summed E-state index contributed by atoms with van der Waals surface area (Å²) in [6.07, 6.45) is 2.61. The Bertz CT molecular complexity index is 324. The third-order valence-corrected chi connectivity index (χ3v) is 2.51. The Balaban J connectivity index is 2.97. The van der Waals surface area contributed by atoms with Gasteiger partial charge in [0, 0.05) is 6.07 Å². The van der Waals surface area contributed by atoms with E-state index in [1.165, 1.54) is 0 Å². The van der Waals surface area contributed by atoms with Gasteiger partial charge in [0.15, 0.2) is 0 Å². The minimum absolute atomic E-state index is 0.303. The number of aryl methyl sites for hydroxylation is 2. The number of methoxy groups -OCH3 is 1. The van der Waals surface area contributed by atoms with Crippen LogP contribution in [0.5, 0.6) is 11.5 Å². The summed E-state index contributed by atoms with van der Waals surface area (Å²) in [5.74, 6) is 1.06. The second-order valence-corrected chi connectivity index (χ2v) is 3.54. The number of hydrogen-bond donors (Lipinski definition) is 2. The molecule has 1 rings (SSSR count). The van der Waals surface area contributed by atoms with E-state index in [0.717, 1.165) is 36.1 Å². The molecule has 0 saturated carbocycles. The predicted molar refractivity (Wildman–Crippen MR) is 61.4 cm³/mol. The standard InChI is InChI=1S/C12H19NO2/c1-3-9-7-10(5-4-6-13)11(14)8-12(9)15-2/h7-8,14H,3-6,13H2,1-2H3. The van der Waals surface area contributed by atoms with Crippen LogP contribution in [0.1, 0.15) is 24.5 Å². The Morgan fingerprint density at radius 1 is 1.33 bits per heavy atom. The lowest BCUT2D eigenvalue weighted by Crippen LogP contribution is -2.01. The molecule has 0 heterocycles. The van der Waals surface area contributed by atoms with E-state index in [9.17, 15) is 5.11 Å².